The lowest BCUT2D eigenvalue weighted by molar-refractivity contribution is 0.0522. The molecule has 2 N–H and O–H groups in total. The number of benzene rings is 1. The van der Waals surface area contributed by atoms with Crippen LogP contribution in [0.3, 0.4) is 0 Å². The largest absolute Gasteiger partial charge is 0.381 e. The van der Waals surface area contributed by atoms with Crippen molar-refractivity contribution in [2.75, 3.05) is 13.2 Å². The highest BCUT2D eigenvalue weighted by molar-refractivity contribution is 5.85. The second-order valence-corrected chi connectivity index (χ2v) is 6.99. The Morgan fingerprint density at radius 2 is 1.80 bits per heavy atom. The third kappa shape index (κ3) is 3.18. The topological polar surface area (TPSA) is 74.2 Å². The molecule has 0 bridgehead atoms. The first-order chi connectivity index (χ1) is 11.6. The van der Waals surface area contributed by atoms with Crippen LogP contribution in [0.4, 0.5) is 4.39 Å². The average Bonchev–Trinajstić information content (AvgIpc) is 3.26. The highest BCUT2D eigenvalue weighted by atomic mass is 35.5. The molecule has 0 amide bonds. The normalized spacial score (nSPS) is 21.7. The molecule has 0 spiro atoms. The first-order valence-electron chi connectivity index (χ1n) is 8.60. The van der Waals surface area contributed by atoms with Gasteiger partial charge < -0.3 is 15.0 Å². The van der Waals surface area contributed by atoms with Gasteiger partial charge in [-0.3, -0.25) is 0 Å². The van der Waals surface area contributed by atoms with Crippen LogP contribution in [-0.2, 0) is 15.7 Å². The van der Waals surface area contributed by atoms with E-state index in [2.05, 4.69) is 10.1 Å². The summed E-state index contributed by atoms with van der Waals surface area (Å²) in [5.74, 6) is 0.851. The molecule has 25 heavy (non-hydrogen) atoms. The smallest absolute Gasteiger partial charge is 0.237 e. The van der Waals surface area contributed by atoms with Crippen molar-refractivity contribution in [2.24, 2.45) is 5.73 Å². The van der Waals surface area contributed by atoms with Gasteiger partial charge in [-0.25, -0.2) is 4.39 Å². The van der Waals surface area contributed by atoms with E-state index in [0.717, 1.165) is 31.2 Å². The van der Waals surface area contributed by atoms with Gasteiger partial charge in [0.1, 0.15) is 5.82 Å². The number of hydrogen-bond acceptors (Lipinski definition) is 5. The van der Waals surface area contributed by atoms with Crippen LogP contribution in [0.15, 0.2) is 28.8 Å². The zero-order valence-corrected chi connectivity index (χ0v) is 14.9. The molecule has 1 aromatic carbocycles. The number of nitrogens with zero attached hydrogens (tertiary/aromatic N) is 2. The highest BCUT2D eigenvalue weighted by Gasteiger charge is 2.44. The number of aromatic nitrogens is 2. The van der Waals surface area contributed by atoms with Crippen molar-refractivity contribution in [3.05, 3.63) is 47.4 Å². The van der Waals surface area contributed by atoms with Crippen molar-refractivity contribution in [2.45, 2.75) is 49.5 Å². The Balaban J connectivity index is 0.00000182. The summed E-state index contributed by atoms with van der Waals surface area (Å²) in [6.07, 6.45) is 5.31. The lowest BCUT2D eigenvalue weighted by atomic mass is 9.74. The van der Waals surface area contributed by atoms with Crippen molar-refractivity contribution in [1.29, 1.82) is 0 Å². The van der Waals surface area contributed by atoms with Gasteiger partial charge in [0.2, 0.25) is 5.89 Å². The van der Waals surface area contributed by atoms with E-state index in [0.29, 0.717) is 37.8 Å². The molecule has 0 unspecified atom stereocenters. The SMILES string of the molecule is Cl.NC1(c2noc(C3(c4cccc(F)c4)CCOCC3)n2)CCCC1. The average molecular weight is 368 g/mol. The number of hydrogen-bond donors (Lipinski definition) is 1. The minimum atomic E-state index is -0.499. The van der Waals surface area contributed by atoms with Crippen LogP contribution >= 0.6 is 12.4 Å². The number of halogens is 2. The summed E-state index contributed by atoms with van der Waals surface area (Å²) in [6.45, 7) is 1.17. The molecule has 5 nitrogen and oxygen atoms in total. The van der Waals surface area contributed by atoms with Gasteiger partial charge in [0.15, 0.2) is 5.82 Å². The maximum absolute atomic E-state index is 13.8. The fraction of sp³-hybridized carbons (Fsp3) is 0.556. The quantitative estimate of drug-likeness (QED) is 0.899. The summed E-state index contributed by atoms with van der Waals surface area (Å²) in [5.41, 5.74) is 6.33. The van der Waals surface area contributed by atoms with Gasteiger partial charge in [-0.1, -0.05) is 30.1 Å². The molecular weight excluding hydrogens is 345 g/mol. The number of rotatable bonds is 3. The summed E-state index contributed by atoms with van der Waals surface area (Å²) in [6, 6.07) is 6.65. The molecule has 2 aliphatic rings. The van der Waals surface area contributed by atoms with E-state index in [4.69, 9.17) is 15.0 Å². The van der Waals surface area contributed by atoms with Gasteiger partial charge in [0.25, 0.3) is 0 Å². The number of nitrogens with two attached hydrogens (primary N) is 1. The first kappa shape index (κ1) is 18.3. The van der Waals surface area contributed by atoms with Crippen molar-refractivity contribution >= 4 is 12.4 Å². The number of ether oxygens (including phenoxy) is 1. The molecule has 1 saturated heterocycles. The van der Waals surface area contributed by atoms with Crippen LogP contribution in [0.5, 0.6) is 0 Å². The van der Waals surface area contributed by atoms with Crippen LogP contribution in [0, 0.1) is 5.82 Å². The minimum Gasteiger partial charge on any atom is -0.381 e. The predicted octanol–water partition coefficient (Wildman–Crippen LogP) is 3.46. The third-order valence-corrected chi connectivity index (χ3v) is 5.50. The maximum Gasteiger partial charge on any atom is 0.237 e. The van der Waals surface area contributed by atoms with E-state index in [-0.39, 0.29) is 18.2 Å². The van der Waals surface area contributed by atoms with Crippen molar-refractivity contribution < 1.29 is 13.7 Å². The Bertz CT molecular complexity index is 725. The molecule has 1 aliphatic carbocycles. The minimum absolute atomic E-state index is 0. The van der Waals surface area contributed by atoms with Gasteiger partial charge in [0, 0.05) is 13.2 Å². The second kappa shape index (κ2) is 7.02. The molecule has 2 heterocycles. The van der Waals surface area contributed by atoms with E-state index in [9.17, 15) is 4.39 Å². The zero-order chi connectivity index (χ0) is 16.6. The van der Waals surface area contributed by atoms with Crippen LogP contribution in [0.1, 0.15) is 55.8 Å². The highest BCUT2D eigenvalue weighted by Crippen LogP contribution is 2.42. The summed E-state index contributed by atoms with van der Waals surface area (Å²) in [5, 5.41) is 4.19. The lowest BCUT2D eigenvalue weighted by Gasteiger charge is -2.34. The summed E-state index contributed by atoms with van der Waals surface area (Å²) >= 11 is 0. The van der Waals surface area contributed by atoms with Crippen LogP contribution in [-0.4, -0.2) is 23.4 Å². The molecular formula is C18H23ClFN3O2. The predicted molar refractivity (Wildman–Crippen MR) is 93.1 cm³/mol. The molecule has 4 rings (SSSR count). The Hall–Kier alpha value is -1.50. The molecule has 136 valence electrons. The Morgan fingerprint density at radius 3 is 2.48 bits per heavy atom. The van der Waals surface area contributed by atoms with Crippen LogP contribution in [0.25, 0.3) is 0 Å². The molecule has 2 aromatic rings. The van der Waals surface area contributed by atoms with Gasteiger partial charge in [-0.15, -0.1) is 12.4 Å². The fourth-order valence-electron chi connectivity index (χ4n) is 3.98. The van der Waals surface area contributed by atoms with Gasteiger partial charge in [-0.2, -0.15) is 4.98 Å². The second-order valence-electron chi connectivity index (χ2n) is 6.99. The van der Waals surface area contributed by atoms with Gasteiger partial charge >= 0.3 is 0 Å². The fourth-order valence-corrected chi connectivity index (χ4v) is 3.98. The Kier molecular flexibility index (Phi) is 5.14. The molecule has 2 fully saturated rings. The van der Waals surface area contributed by atoms with Crippen molar-refractivity contribution in [1.82, 2.24) is 10.1 Å². The Labute approximate surface area is 152 Å². The zero-order valence-electron chi connectivity index (χ0n) is 14.0. The third-order valence-electron chi connectivity index (χ3n) is 5.50. The van der Waals surface area contributed by atoms with Gasteiger partial charge in [-0.05, 0) is 43.4 Å². The standard InChI is InChI=1S/C18H22FN3O2.ClH/c19-14-5-3-4-13(12-14)17(8-10-23-11-9-17)16-21-15(22-24-16)18(20)6-1-2-7-18;/h3-5,12H,1-2,6-11,20H2;1H. The lowest BCUT2D eigenvalue weighted by Crippen LogP contribution is -2.37. The van der Waals surface area contributed by atoms with E-state index < -0.39 is 11.0 Å². The maximum atomic E-state index is 13.8. The molecule has 0 radical (unpaired) electrons. The molecule has 1 saturated carbocycles. The Morgan fingerprint density at radius 1 is 1.08 bits per heavy atom. The van der Waals surface area contributed by atoms with E-state index in [1.54, 1.807) is 12.1 Å². The van der Waals surface area contributed by atoms with E-state index >= 15 is 0 Å². The molecule has 1 aliphatic heterocycles. The van der Waals surface area contributed by atoms with Crippen molar-refractivity contribution in [3.8, 4) is 0 Å². The summed E-state index contributed by atoms with van der Waals surface area (Å²) in [4.78, 5) is 4.69. The van der Waals surface area contributed by atoms with E-state index in [1.807, 2.05) is 6.07 Å². The first-order valence-corrected chi connectivity index (χ1v) is 8.60. The molecule has 7 heteroatoms. The summed E-state index contributed by atoms with van der Waals surface area (Å²) in [7, 11) is 0. The monoisotopic (exact) mass is 367 g/mol. The van der Waals surface area contributed by atoms with Crippen LogP contribution in [0.2, 0.25) is 0 Å². The van der Waals surface area contributed by atoms with Gasteiger partial charge in [0.05, 0.1) is 11.0 Å². The van der Waals surface area contributed by atoms with Crippen molar-refractivity contribution in [3.63, 3.8) is 0 Å². The molecule has 0 atom stereocenters. The van der Waals surface area contributed by atoms with E-state index in [1.165, 1.54) is 6.07 Å². The van der Waals surface area contributed by atoms with Crippen LogP contribution < -0.4 is 5.73 Å². The summed E-state index contributed by atoms with van der Waals surface area (Å²) < 4.78 is 25.0. The molecule has 1 aromatic heterocycles.